The first-order chi connectivity index (χ1) is 14.2. The minimum atomic E-state index is -0.404. The fourth-order valence-electron chi connectivity index (χ4n) is 3.56. The van der Waals surface area contributed by atoms with Crippen molar-refractivity contribution in [2.24, 2.45) is 0 Å². The number of ether oxygens (including phenoxy) is 3. The molecule has 3 aromatic carbocycles. The molecule has 0 saturated carbocycles. The quantitative estimate of drug-likeness (QED) is 0.654. The fourth-order valence-corrected chi connectivity index (χ4v) is 3.56. The van der Waals surface area contributed by atoms with Gasteiger partial charge in [-0.05, 0) is 47.4 Å². The first-order valence-corrected chi connectivity index (χ1v) is 9.48. The maximum Gasteiger partial charge on any atom is 0.337 e. The largest absolute Gasteiger partial charge is 0.508 e. The van der Waals surface area contributed by atoms with E-state index < -0.39 is 5.97 Å². The van der Waals surface area contributed by atoms with Crippen LogP contribution in [0.15, 0.2) is 66.7 Å². The minimum absolute atomic E-state index is 0.258. The topological polar surface area (TPSA) is 65.0 Å². The SMILES string of the molecule is COC(=O)c1ccc2c(c1)C(OCCc1ccccc1O)c1ccccc1CO2. The van der Waals surface area contributed by atoms with Crippen molar-refractivity contribution in [1.29, 1.82) is 0 Å². The molecule has 0 radical (unpaired) electrons. The van der Waals surface area contributed by atoms with E-state index in [1.807, 2.05) is 36.4 Å². The van der Waals surface area contributed by atoms with Crippen LogP contribution in [-0.2, 0) is 22.5 Å². The van der Waals surface area contributed by atoms with Crippen LogP contribution in [0.4, 0.5) is 0 Å². The molecule has 1 aliphatic rings. The van der Waals surface area contributed by atoms with E-state index in [0.29, 0.717) is 30.9 Å². The Morgan fingerprint density at radius 2 is 1.86 bits per heavy atom. The number of methoxy groups -OCH3 is 1. The van der Waals surface area contributed by atoms with Gasteiger partial charge in [-0.2, -0.15) is 0 Å². The third-order valence-electron chi connectivity index (χ3n) is 5.08. The normalized spacial score (nSPS) is 14.9. The number of para-hydroxylation sites is 1. The highest BCUT2D eigenvalue weighted by atomic mass is 16.5. The number of hydrogen-bond acceptors (Lipinski definition) is 5. The first kappa shape index (κ1) is 19.0. The van der Waals surface area contributed by atoms with E-state index in [0.717, 1.165) is 22.3 Å². The molecule has 148 valence electrons. The lowest BCUT2D eigenvalue weighted by atomic mass is 9.96. The molecular formula is C24H22O5. The van der Waals surface area contributed by atoms with Crippen LogP contribution in [0.3, 0.4) is 0 Å². The Kier molecular flexibility index (Phi) is 5.49. The summed E-state index contributed by atoms with van der Waals surface area (Å²) < 4.78 is 17.2. The van der Waals surface area contributed by atoms with Gasteiger partial charge in [-0.25, -0.2) is 4.79 Å². The number of aromatic hydroxyl groups is 1. The lowest BCUT2D eigenvalue weighted by molar-refractivity contribution is 0.0599. The molecule has 1 atom stereocenters. The molecule has 1 N–H and O–H groups in total. The number of hydrogen-bond donors (Lipinski definition) is 1. The molecule has 3 aromatic rings. The standard InChI is InChI=1S/C24H22O5/c1-27-24(26)17-10-11-22-20(14-17)23(19-8-4-2-7-18(19)15-29-22)28-13-12-16-6-3-5-9-21(16)25/h2-11,14,23,25H,12-13,15H2,1H3. The Morgan fingerprint density at radius 3 is 2.69 bits per heavy atom. The molecule has 0 saturated heterocycles. The number of carbonyl (C=O) groups excluding carboxylic acids is 1. The van der Waals surface area contributed by atoms with Crippen molar-refractivity contribution in [1.82, 2.24) is 0 Å². The number of phenols is 1. The van der Waals surface area contributed by atoms with Gasteiger partial charge in [0.1, 0.15) is 24.2 Å². The van der Waals surface area contributed by atoms with E-state index in [4.69, 9.17) is 14.2 Å². The summed E-state index contributed by atoms with van der Waals surface area (Å²) in [5.41, 5.74) is 4.11. The van der Waals surface area contributed by atoms with Gasteiger partial charge in [-0.15, -0.1) is 0 Å². The molecular weight excluding hydrogens is 368 g/mol. The van der Waals surface area contributed by atoms with Gasteiger partial charge in [0.15, 0.2) is 0 Å². The van der Waals surface area contributed by atoms with Crippen LogP contribution >= 0.6 is 0 Å². The molecule has 0 aromatic heterocycles. The van der Waals surface area contributed by atoms with E-state index in [2.05, 4.69) is 0 Å². The van der Waals surface area contributed by atoms with Crippen LogP contribution in [0.5, 0.6) is 11.5 Å². The zero-order valence-corrected chi connectivity index (χ0v) is 16.1. The van der Waals surface area contributed by atoms with E-state index in [1.165, 1.54) is 7.11 Å². The second-order valence-electron chi connectivity index (χ2n) is 6.86. The van der Waals surface area contributed by atoms with Crippen LogP contribution in [0.25, 0.3) is 0 Å². The van der Waals surface area contributed by atoms with Crippen LogP contribution < -0.4 is 4.74 Å². The average Bonchev–Trinajstić information content (AvgIpc) is 2.91. The highest BCUT2D eigenvalue weighted by Gasteiger charge is 2.26. The van der Waals surface area contributed by atoms with Gasteiger partial charge in [0.25, 0.3) is 0 Å². The van der Waals surface area contributed by atoms with Crippen LogP contribution in [0, 0.1) is 0 Å². The summed E-state index contributed by atoms with van der Waals surface area (Å²) in [6.07, 6.45) is 0.178. The van der Waals surface area contributed by atoms with Gasteiger partial charge in [-0.3, -0.25) is 0 Å². The Morgan fingerprint density at radius 1 is 1.07 bits per heavy atom. The molecule has 0 fully saturated rings. The molecule has 1 unspecified atom stereocenters. The summed E-state index contributed by atoms with van der Waals surface area (Å²) in [7, 11) is 1.36. The predicted octanol–water partition coefficient (Wildman–Crippen LogP) is 4.42. The van der Waals surface area contributed by atoms with E-state index in [1.54, 1.807) is 30.3 Å². The minimum Gasteiger partial charge on any atom is -0.508 e. The molecule has 0 amide bonds. The Bertz CT molecular complexity index is 1030. The predicted molar refractivity (Wildman–Crippen MR) is 108 cm³/mol. The van der Waals surface area contributed by atoms with Crippen LogP contribution in [0.2, 0.25) is 0 Å². The third-order valence-corrected chi connectivity index (χ3v) is 5.08. The first-order valence-electron chi connectivity index (χ1n) is 9.48. The highest BCUT2D eigenvalue weighted by molar-refractivity contribution is 5.89. The lowest BCUT2D eigenvalue weighted by Gasteiger charge is -2.20. The molecule has 1 aliphatic heterocycles. The molecule has 0 bridgehead atoms. The second-order valence-corrected chi connectivity index (χ2v) is 6.86. The number of fused-ring (bicyclic) bond motifs is 2. The molecule has 5 nitrogen and oxygen atoms in total. The molecule has 0 aliphatic carbocycles. The Balaban J connectivity index is 1.67. The van der Waals surface area contributed by atoms with Crippen molar-refractivity contribution in [3.05, 3.63) is 94.5 Å². The molecule has 1 heterocycles. The molecule has 0 spiro atoms. The van der Waals surface area contributed by atoms with Crippen LogP contribution in [0.1, 0.15) is 38.7 Å². The van der Waals surface area contributed by atoms with Crippen molar-refractivity contribution in [2.75, 3.05) is 13.7 Å². The van der Waals surface area contributed by atoms with Gasteiger partial charge in [0.2, 0.25) is 0 Å². The van der Waals surface area contributed by atoms with Gasteiger partial charge >= 0.3 is 5.97 Å². The number of carbonyl (C=O) groups is 1. The van der Waals surface area contributed by atoms with Crippen molar-refractivity contribution in [2.45, 2.75) is 19.1 Å². The average molecular weight is 390 g/mol. The zero-order chi connectivity index (χ0) is 20.2. The molecule has 5 heteroatoms. The maximum atomic E-state index is 12.0. The maximum absolute atomic E-state index is 12.0. The lowest BCUT2D eigenvalue weighted by Crippen LogP contribution is -2.11. The van der Waals surface area contributed by atoms with Crippen molar-refractivity contribution in [3.8, 4) is 11.5 Å². The Hall–Kier alpha value is -3.31. The van der Waals surface area contributed by atoms with E-state index in [-0.39, 0.29) is 11.9 Å². The number of phenolic OH excluding ortho intramolecular Hbond substituents is 1. The molecule has 4 rings (SSSR count). The summed E-state index contributed by atoms with van der Waals surface area (Å²) in [5, 5.41) is 10.0. The van der Waals surface area contributed by atoms with Gasteiger partial charge in [0.05, 0.1) is 19.3 Å². The van der Waals surface area contributed by atoms with Gasteiger partial charge in [0, 0.05) is 5.56 Å². The van der Waals surface area contributed by atoms with E-state index in [9.17, 15) is 9.90 Å². The van der Waals surface area contributed by atoms with E-state index >= 15 is 0 Å². The van der Waals surface area contributed by atoms with Crippen molar-refractivity contribution in [3.63, 3.8) is 0 Å². The smallest absolute Gasteiger partial charge is 0.337 e. The van der Waals surface area contributed by atoms with Crippen LogP contribution in [-0.4, -0.2) is 24.8 Å². The fraction of sp³-hybridized carbons (Fsp3) is 0.208. The summed E-state index contributed by atoms with van der Waals surface area (Å²) in [4.78, 5) is 12.0. The second kappa shape index (κ2) is 8.37. The zero-order valence-electron chi connectivity index (χ0n) is 16.1. The number of benzene rings is 3. The van der Waals surface area contributed by atoms with Gasteiger partial charge < -0.3 is 19.3 Å². The molecule has 29 heavy (non-hydrogen) atoms. The van der Waals surface area contributed by atoms with Crippen molar-refractivity contribution >= 4 is 5.97 Å². The summed E-state index contributed by atoms with van der Waals surface area (Å²) in [6.45, 7) is 0.832. The summed E-state index contributed by atoms with van der Waals surface area (Å²) in [5.74, 6) is 0.536. The summed E-state index contributed by atoms with van der Waals surface area (Å²) in [6, 6.07) is 20.5. The highest BCUT2D eigenvalue weighted by Crippen LogP contribution is 2.39. The summed E-state index contributed by atoms with van der Waals surface area (Å²) >= 11 is 0. The van der Waals surface area contributed by atoms with Crippen molar-refractivity contribution < 1.29 is 24.1 Å². The number of esters is 1. The monoisotopic (exact) mass is 390 g/mol. The van der Waals surface area contributed by atoms with Gasteiger partial charge in [-0.1, -0.05) is 42.5 Å². The Labute approximate surface area is 169 Å². The third kappa shape index (κ3) is 3.96. The number of rotatable bonds is 5.